The van der Waals surface area contributed by atoms with Gasteiger partial charge >= 0.3 is 0 Å². The zero-order valence-electron chi connectivity index (χ0n) is 13.1. The fraction of sp³-hybridized carbons (Fsp3) is 0.118. The van der Waals surface area contributed by atoms with Crippen molar-refractivity contribution in [3.05, 3.63) is 69.6 Å². The molecule has 6 nitrogen and oxygen atoms in total. The number of rotatable bonds is 4. The summed E-state index contributed by atoms with van der Waals surface area (Å²) in [5.41, 5.74) is 0.536. The lowest BCUT2D eigenvalue weighted by Crippen LogP contribution is -2.28. The number of pyridine rings is 1. The first-order valence-electron chi connectivity index (χ1n) is 7.53. The molecule has 0 amide bonds. The van der Waals surface area contributed by atoms with Gasteiger partial charge in [0, 0.05) is 23.1 Å². The van der Waals surface area contributed by atoms with Crippen LogP contribution in [0.2, 0.25) is 0 Å². The zero-order chi connectivity index (χ0) is 17.4. The van der Waals surface area contributed by atoms with Crippen molar-refractivity contribution in [1.29, 1.82) is 0 Å². The number of hydrogen-bond acceptors (Lipinski definition) is 6. The van der Waals surface area contributed by atoms with E-state index in [4.69, 9.17) is 4.42 Å². The second kappa shape index (κ2) is 6.38. The Morgan fingerprint density at radius 1 is 1.36 bits per heavy atom. The Labute approximate surface area is 150 Å². The van der Waals surface area contributed by atoms with E-state index >= 15 is 0 Å². The molecule has 4 heterocycles. The fourth-order valence-electron chi connectivity index (χ4n) is 2.51. The van der Waals surface area contributed by atoms with Crippen LogP contribution in [0.25, 0.3) is 21.5 Å². The SMILES string of the molecule is CC(Sc1cccc[n+]1[O-])c1nc2scc(-c3ccco3)c2c(=O)[nH]1. The van der Waals surface area contributed by atoms with Crippen molar-refractivity contribution in [3.63, 3.8) is 0 Å². The lowest BCUT2D eigenvalue weighted by atomic mass is 10.2. The third-order valence-corrected chi connectivity index (χ3v) is 5.73. The number of thioether (sulfide) groups is 1. The van der Waals surface area contributed by atoms with E-state index < -0.39 is 0 Å². The first-order valence-corrected chi connectivity index (χ1v) is 9.29. The van der Waals surface area contributed by atoms with Gasteiger partial charge in [-0.3, -0.25) is 4.79 Å². The van der Waals surface area contributed by atoms with Crippen molar-refractivity contribution >= 4 is 33.3 Å². The second-order valence-corrected chi connectivity index (χ2v) is 7.60. The molecule has 0 bridgehead atoms. The molecule has 1 unspecified atom stereocenters. The molecule has 0 spiro atoms. The summed E-state index contributed by atoms with van der Waals surface area (Å²) in [6, 6.07) is 8.82. The van der Waals surface area contributed by atoms with Crippen LogP contribution < -0.4 is 10.3 Å². The molecular weight excluding hydrogens is 358 g/mol. The average Bonchev–Trinajstić information content (AvgIpc) is 3.25. The quantitative estimate of drug-likeness (QED) is 0.336. The van der Waals surface area contributed by atoms with Gasteiger partial charge in [-0.1, -0.05) is 0 Å². The van der Waals surface area contributed by atoms with E-state index in [0.29, 0.717) is 26.8 Å². The monoisotopic (exact) mass is 371 g/mol. The maximum Gasteiger partial charge on any atom is 0.260 e. The summed E-state index contributed by atoms with van der Waals surface area (Å²) in [6.45, 7) is 1.91. The predicted octanol–water partition coefficient (Wildman–Crippen LogP) is 3.73. The Balaban J connectivity index is 1.72. The van der Waals surface area contributed by atoms with Gasteiger partial charge in [-0.05, 0) is 36.9 Å². The minimum absolute atomic E-state index is 0.172. The van der Waals surface area contributed by atoms with Crippen LogP contribution in [0.3, 0.4) is 0 Å². The lowest BCUT2D eigenvalue weighted by Gasteiger charge is -2.10. The maximum atomic E-state index is 12.6. The van der Waals surface area contributed by atoms with Crippen LogP contribution in [-0.4, -0.2) is 9.97 Å². The molecule has 0 aromatic carbocycles. The van der Waals surface area contributed by atoms with E-state index in [2.05, 4.69) is 9.97 Å². The Bertz CT molecular complexity index is 1090. The summed E-state index contributed by atoms with van der Waals surface area (Å²) < 4.78 is 6.20. The van der Waals surface area contributed by atoms with E-state index in [1.54, 1.807) is 30.5 Å². The Morgan fingerprint density at radius 3 is 3.00 bits per heavy atom. The first-order chi connectivity index (χ1) is 12.1. The van der Waals surface area contributed by atoms with Crippen LogP contribution in [0.5, 0.6) is 0 Å². The molecule has 4 aromatic heterocycles. The highest BCUT2D eigenvalue weighted by Gasteiger charge is 2.19. The molecule has 0 fully saturated rings. The van der Waals surface area contributed by atoms with E-state index in [1.165, 1.54) is 29.3 Å². The second-order valence-electron chi connectivity index (χ2n) is 5.38. The Kier molecular flexibility index (Phi) is 4.06. The van der Waals surface area contributed by atoms with E-state index in [1.807, 2.05) is 18.4 Å². The number of aromatic amines is 1. The van der Waals surface area contributed by atoms with Gasteiger partial charge in [0.05, 0.1) is 16.9 Å². The van der Waals surface area contributed by atoms with Crippen molar-refractivity contribution in [3.8, 4) is 11.3 Å². The van der Waals surface area contributed by atoms with Gasteiger partial charge in [0.2, 0.25) is 0 Å². The molecule has 8 heteroatoms. The minimum Gasteiger partial charge on any atom is -0.618 e. The number of furan rings is 1. The summed E-state index contributed by atoms with van der Waals surface area (Å²) >= 11 is 2.75. The maximum absolute atomic E-state index is 12.6. The van der Waals surface area contributed by atoms with Crippen LogP contribution in [0.1, 0.15) is 18.0 Å². The number of nitrogens with one attached hydrogen (secondary N) is 1. The van der Waals surface area contributed by atoms with Crippen molar-refractivity contribution in [1.82, 2.24) is 9.97 Å². The smallest absolute Gasteiger partial charge is 0.260 e. The molecule has 4 aromatic rings. The highest BCUT2D eigenvalue weighted by molar-refractivity contribution is 7.99. The molecule has 4 rings (SSSR count). The van der Waals surface area contributed by atoms with Crippen LogP contribution >= 0.6 is 23.1 Å². The molecule has 0 aliphatic carbocycles. The number of hydrogen-bond donors (Lipinski definition) is 1. The molecule has 25 heavy (non-hydrogen) atoms. The zero-order valence-corrected chi connectivity index (χ0v) is 14.8. The van der Waals surface area contributed by atoms with Crippen LogP contribution in [0.4, 0.5) is 0 Å². The van der Waals surface area contributed by atoms with Crippen LogP contribution in [0, 0.1) is 5.21 Å². The van der Waals surface area contributed by atoms with Gasteiger partial charge in [-0.25, -0.2) is 4.98 Å². The predicted molar refractivity (Wildman–Crippen MR) is 97.6 cm³/mol. The van der Waals surface area contributed by atoms with Gasteiger partial charge in [-0.2, -0.15) is 4.73 Å². The molecule has 126 valence electrons. The molecular formula is C17H13N3O3S2. The minimum atomic E-state index is -0.205. The topological polar surface area (TPSA) is 85.8 Å². The van der Waals surface area contributed by atoms with Crippen molar-refractivity contribution < 1.29 is 9.15 Å². The van der Waals surface area contributed by atoms with Crippen LogP contribution in [0.15, 0.2) is 62.4 Å². The van der Waals surface area contributed by atoms with Crippen molar-refractivity contribution in [2.24, 2.45) is 0 Å². The lowest BCUT2D eigenvalue weighted by molar-refractivity contribution is -0.645. The van der Waals surface area contributed by atoms with Crippen LogP contribution in [-0.2, 0) is 0 Å². The summed E-state index contributed by atoms with van der Waals surface area (Å²) in [4.78, 5) is 20.7. The average molecular weight is 371 g/mol. The molecule has 1 N–H and O–H groups in total. The third-order valence-electron chi connectivity index (χ3n) is 3.72. The van der Waals surface area contributed by atoms with Gasteiger partial charge in [0.25, 0.3) is 10.6 Å². The van der Waals surface area contributed by atoms with Crippen molar-refractivity contribution in [2.75, 3.05) is 0 Å². The third kappa shape index (κ3) is 2.94. The summed E-state index contributed by atoms with van der Waals surface area (Å²) in [5.74, 6) is 1.18. The summed E-state index contributed by atoms with van der Waals surface area (Å²) in [6.07, 6.45) is 3.02. The Morgan fingerprint density at radius 2 is 2.24 bits per heavy atom. The highest BCUT2D eigenvalue weighted by Crippen LogP contribution is 2.34. The fourth-order valence-corrected chi connectivity index (χ4v) is 4.35. The molecule has 0 radical (unpaired) electrons. The largest absolute Gasteiger partial charge is 0.618 e. The van der Waals surface area contributed by atoms with Gasteiger partial charge in [-0.15, -0.1) is 11.3 Å². The Hall–Kier alpha value is -2.58. The summed E-state index contributed by atoms with van der Waals surface area (Å²) in [7, 11) is 0. The molecule has 0 saturated carbocycles. The summed E-state index contributed by atoms with van der Waals surface area (Å²) in [5, 5.41) is 14.6. The van der Waals surface area contributed by atoms with E-state index in [-0.39, 0.29) is 10.8 Å². The molecule has 0 saturated heterocycles. The number of nitrogens with zero attached hydrogens (tertiary/aromatic N) is 2. The first kappa shape index (κ1) is 15.9. The van der Waals surface area contributed by atoms with E-state index in [9.17, 15) is 10.0 Å². The number of aromatic nitrogens is 3. The number of fused-ring (bicyclic) bond motifs is 1. The number of H-pyrrole nitrogens is 1. The standard InChI is InChI=1S/C17H13N3O3S2/c1-10(25-13-6-2-3-7-20(13)22)15-18-16(21)14-11(9-24-17(14)19-15)12-5-4-8-23-12/h2-10H,1H3,(H,18,19,21). The highest BCUT2D eigenvalue weighted by atomic mass is 32.2. The number of thiophene rings is 1. The van der Waals surface area contributed by atoms with Gasteiger partial charge in [0.15, 0.2) is 6.20 Å². The van der Waals surface area contributed by atoms with Gasteiger partial charge < -0.3 is 14.6 Å². The van der Waals surface area contributed by atoms with Crippen molar-refractivity contribution in [2.45, 2.75) is 17.2 Å². The normalized spacial score (nSPS) is 12.5. The molecule has 0 aliphatic heterocycles. The van der Waals surface area contributed by atoms with Gasteiger partial charge in [0.1, 0.15) is 16.4 Å². The molecule has 1 atom stereocenters. The van der Waals surface area contributed by atoms with E-state index in [0.717, 1.165) is 10.3 Å². The molecule has 0 aliphatic rings.